The molecule has 12 heteroatoms. The summed E-state index contributed by atoms with van der Waals surface area (Å²) in [6.07, 6.45) is -2.73. The Labute approximate surface area is 205 Å². The number of β-amino-alcohol motifs (C(OH)–C–C–N with tert-alkyl or cyclic N) is 1. The number of likely N-dealkylation sites (tertiary alicyclic amines) is 2. The number of carbonyl (C=O) groups is 2. The van der Waals surface area contributed by atoms with Crippen LogP contribution < -0.4 is 5.32 Å². The molecule has 2 aromatic heterocycles. The van der Waals surface area contributed by atoms with E-state index >= 15 is 0 Å². The average Bonchev–Trinajstić information content (AvgIpc) is 3.35. The maximum atomic E-state index is 14.2. The number of nitrogens with one attached hydrogen (secondary N) is 1. The monoisotopic (exact) mass is 511 g/mol. The molecule has 2 fully saturated rings. The van der Waals surface area contributed by atoms with Gasteiger partial charge in [0.05, 0.1) is 16.5 Å². The highest BCUT2D eigenvalue weighted by Gasteiger charge is 2.39. The van der Waals surface area contributed by atoms with Gasteiger partial charge in [0, 0.05) is 43.0 Å². The molecular weight excluding hydrogens is 483 g/mol. The summed E-state index contributed by atoms with van der Waals surface area (Å²) < 4.78 is 42.5. The molecule has 8 nitrogen and oxygen atoms in total. The highest BCUT2D eigenvalue weighted by molar-refractivity contribution is 7.17. The van der Waals surface area contributed by atoms with Gasteiger partial charge in [0.2, 0.25) is 0 Å². The van der Waals surface area contributed by atoms with Crippen LogP contribution in [0, 0.1) is 0 Å². The molecule has 0 bridgehead atoms. The van der Waals surface area contributed by atoms with Crippen molar-refractivity contribution < 1.29 is 27.9 Å². The van der Waals surface area contributed by atoms with Gasteiger partial charge in [-0.15, -0.1) is 11.3 Å². The minimum atomic E-state index is -4.73. The van der Waals surface area contributed by atoms with E-state index < -0.39 is 35.2 Å². The second-order valence-corrected chi connectivity index (χ2v) is 11.0. The van der Waals surface area contributed by atoms with Crippen molar-refractivity contribution in [2.24, 2.45) is 0 Å². The molecule has 0 aromatic carbocycles. The Balaban J connectivity index is 1.83. The second-order valence-electron chi connectivity index (χ2n) is 10.0. The topological polar surface area (TPSA) is 98.7 Å². The molecule has 2 aliphatic heterocycles. The molecule has 2 aromatic rings. The van der Waals surface area contributed by atoms with Crippen LogP contribution in [0.15, 0.2) is 12.3 Å². The Bertz CT molecular complexity index is 1140. The van der Waals surface area contributed by atoms with Crippen molar-refractivity contribution in [3.05, 3.63) is 28.5 Å². The number of pyridine rings is 1. The normalized spacial score (nSPS) is 19.1. The Morgan fingerprint density at radius 3 is 2.43 bits per heavy atom. The molecule has 190 valence electrons. The van der Waals surface area contributed by atoms with Crippen LogP contribution >= 0.6 is 11.3 Å². The summed E-state index contributed by atoms with van der Waals surface area (Å²) in [6, 6.07) is 0.834. The number of halogens is 3. The number of anilines is 1. The molecule has 35 heavy (non-hydrogen) atoms. The molecule has 2 aliphatic rings. The zero-order chi connectivity index (χ0) is 25.7. The van der Waals surface area contributed by atoms with Crippen molar-refractivity contribution in [2.75, 3.05) is 25.0 Å². The van der Waals surface area contributed by atoms with Gasteiger partial charge in [0.25, 0.3) is 11.8 Å². The smallest absolute Gasteiger partial charge is 0.389 e. The number of carbonyl (C=O) groups excluding carboxylic acids is 2. The van der Waals surface area contributed by atoms with E-state index in [-0.39, 0.29) is 46.1 Å². The van der Waals surface area contributed by atoms with E-state index in [0.29, 0.717) is 6.54 Å². The van der Waals surface area contributed by atoms with Crippen LogP contribution in [-0.2, 0) is 6.18 Å². The molecular formula is C23H28F3N5O3S. The molecule has 1 atom stereocenters. The van der Waals surface area contributed by atoms with Gasteiger partial charge in [0.15, 0.2) is 5.01 Å². The lowest BCUT2D eigenvalue weighted by molar-refractivity contribution is -0.137. The summed E-state index contributed by atoms with van der Waals surface area (Å²) in [5.74, 6) is -0.985. The number of nitrogens with zero attached hydrogens (tertiary/aromatic N) is 4. The molecule has 4 heterocycles. The molecule has 2 saturated heterocycles. The van der Waals surface area contributed by atoms with Gasteiger partial charge in [-0.2, -0.15) is 13.2 Å². The fraction of sp³-hybridized carbons (Fsp3) is 0.565. The molecule has 2 amide bonds. The third-order valence-electron chi connectivity index (χ3n) is 5.93. The molecule has 0 unspecified atom stereocenters. The van der Waals surface area contributed by atoms with Gasteiger partial charge in [-0.3, -0.25) is 9.59 Å². The minimum Gasteiger partial charge on any atom is -0.389 e. The molecule has 0 saturated carbocycles. The first-order valence-electron chi connectivity index (χ1n) is 11.4. The number of amides is 2. The van der Waals surface area contributed by atoms with Gasteiger partial charge < -0.3 is 20.2 Å². The predicted molar refractivity (Wildman–Crippen MR) is 125 cm³/mol. The van der Waals surface area contributed by atoms with Crippen molar-refractivity contribution in [3.8, 4) is 10.4 Å². The number of hydrogen-bond donors (Lipinski definition) is 2. The first-order chi connectivity index (χ1) is 16.2. The Hall–Kier alpha value is -2.73. The second kappa shape index (κ2) is 9.05. The van der Waals surface area contributed by atoms with E-state index in [2.05, 4.69) is 15.3 Å². The SMILES string of the molecule is C[C@H]1CCCN1C(=O)c1nc(C(=O)N2CC(O)C2)sc1-c1cnc(NC(C)(C)C)cc1C(F)(F)F. The van der Waals surface area contributed by atoms with Gasteiger partial charge in [-0.25, -0.2) is 9.97 Å². The zero-order valence-corrected chi connectivity index (χ0v) is 20.8. The van der Waals surface area contributed by atoms with Gasteiger partial charge in [0.1, 0.15) is 11.5 Å². The molecule has 0 radical (unpaired) electrons. The molecule has 2 N–H and O–H groups in total. The van der Waals surface area contributed by atoms with E-state index in [1.807, 2.05) is 6.92 Å². The van der Waals surface area contributed by atoms with Gasteiger partial charge >= 0.3 is 6.18 Å². The van der Waals surface area contributed by atoms with Gasteiger partial charge in [-0.1, -0.05) is 0 Å². The predicted octanol–water partition coefficient (Wildman–Crippen LogP) is 3.88. The zero-order valence-electron chi connectivity index (χ0n) is 19.9. The number of hydrogen-bond acceptors (Lipinski definition) is 7. The summed E-state index contributed by atoms with van der Waals surface area (Å²) in [5.41, 5.74) is -1.97. The average molecular weight is 512 g/mol. The van der Waals surface area contributed by atoms with Crippen molar-refractivity contribution in [1.29, 1.82) is 0 Å². The van der Waals surface area contributed by atoms with Crippen molar-refractivity contribution in [2.45, 2.75) is 64.4 Å². The van der Waals surface area contributed by atoms with Crippen LogP contribution in [0.5, 0.6) is 0 Å². The lowest BCUT2D eigenvalue weighted by Gasteiger charge is -2.35. The van der Waals surface area contributed by atoms with Crippen molar-refractivity contribution in [1.82, 2.24) is 19.8 Å². The Morgan fingerprint density at radius 1 is 1.20 bits per heavy atom. The van der Waals surface area contributed by atoms with Crippen molar-refractivity contribution >= 4 is 29.0 Å². The first-order valence-corrected chi connectivity index (χ1v) is 12.2. The number of thiazole rings is 1. The van der Waals surface area contributed by atoms with Crippen LogP contribution in [0.2, 0.25) is 0 Å². The maximum Gasteiger partial charge on any atom is 0.417 e. The highest BCUT2D eigenvalue weighted by Crippen LogP contribution is 2.42. The lowest BCUT2D eigenvalue weighted by atomic mass is 10.1. The summed E-state index contributed by atoms with van der Waals surface area (Å²) in [7, 11) is 0. The number of rotatable bonds is 4. The van der Waals surface area contributed by atoms with Crippen LogP contribution in [-0.4, -0.2) is 74.0 Å². The fourth-order valence-corrected chi connectivity index (χ4v) is 5.24. The number of aliphatic hydroxyl groups is 1. The largest absolute Gasteiger partial charge is 0.417 e. The van der Waals surface area contributed by atoms with Gasteiger partial charge in [-0.05, 0) is 46.6 Å². The number of aromatic nitrogens is 2. The summed E-state index contributed by atoms with van der Waals surface area (Å²) >= 11 is 0.745. The molecule has 0 spiro atoms. The van der Waals surface area contributed by atoms with E-state index in [4.69, 9.17) is 0 Å². The molecule has 4 rings (SSSR count). The maximum absolute atomic E-state index is 14.2. The lowest BCUT2D eigenvalue weighted by Crippen LogP contribution is -2.53. The fourth-order valence-electron chi connectivity index (χ4n) is 4.19. The third-order valence-corrected chi connectivity index (χ3v) is 7.01. The molecule has 0 aliphatic carbocycles. The van der Waals surface area contributed by atoms with Crippen molar-refractivity contribution in [3.63, 3.8) is 0 Å². The van der Waals surface area contributed by atoms with Crippen LogP contribution in [0.4, 0.5) is 19.0 Å². The van der Waals surface area contributed by atoms with Crippen LogP contribution in [0.1, 0.15) is 66.4 Å². The summed E-state index contributed by atoms with van der Waals surface area (Å²) in [5, 5.41) is 12.4. The van der Waals surface area contributed by atoms with E-state index in [1.54, 1.807) is 25.7 Å². The Kier molecular flexibility index (Phi) is 6.56. The quantitative estimate of drug-likeness (QED) is 0.647. The van der Waals surface area contributed by atoms with E-state index in [1.165, 1.54) is 4.90 Å². The number of aliphatic hydroxyl groups excluding tert-OH is 1. The standard InChI is InChI=1S/C23H28F3N5O3S/c1-12-6-5-7-31(12)20(33)17-18(35-19(28-17)21(34)30-10-13(32)11-30)14-9-27-16(29-22(2,3)4)8-15(14)23(24,25)26/h8-9,12-13,32H,5-7,10-11H2,1-4H3,(H,27,29)/t12-/m0/s1. The van der Waals surface area contributed by atoms with E-state index in [9.17, 15) is 27.9 Å². The first kappa shape index (κ1) is 25.4. The minimum absolute atomic E-state index is 0.0411. The summed E-state index contributed by atoms with van der Waals surface area (Å²) in [4.78, 5) is 37.6. The van der Waals surface area contributed by atoms with Crippen LogP contribution in [0.25, 0.3) is 10.4 Å². The van der Waals surface area contributed by atoms with Crippen LogP contribution in [0.3, 0.4) is 0 Å². The van der Waals surface area contributed by atoms with E-state index in [0.717, 1.165) is 36.4 Å². The summed E-state index contributed by atoms with van der Waals surface area (Å²) in [6.45, 7) is 7.98. The highest BCUT2D eigenvalue weighted by atomic mass is 32.1. The third kappa shape index (κ3) is 5.27. The Morgan fingerprint density at radius 2 is 1.89 bits per heavy atom. The number of alkyl halides is 3.